The minimum absolute atomic E-state index is 0.342. The van der Waals surface area contributed by atoms with Crippen molar-refractivity contribution < 1.29 is 9.90 Å². The first-order valence-electron chi connectivity index (χ1n) is 5.19. The molecule has 2 rings (SSSR count). The summed E-state index contributed by atoms with van der Waals surface area (Å²) in [7, 11) is 0. The van der Waals surface area contributed by atoms with Crippen LogP contribution in [-0.4, -0.2) is 17.3 Å². The fourth-order valence-corrected chi connectivity index (χ4v) is 2.38. The minimum atomic E-state index is -0.892. The van der Waals surface area contributed by atoms with Gasteiger partial charge in [0.25, 0.3) is 0 Å². The molecule has 2 aromatic carbocycles. The van der Waals surface area contributed by atoms with E-state index in [0.717, 1.165) is 16.0 Å². The molecule has 3 heteroatoms. The highest BCUT2D eigenvalue weighted by atomic mass is 32.2. The van der Waals surface area contributed by atoms with Crippen LogP contribution in [0.5, 0.6) is 0 Å². The standard InChI is InChI=1S/C14H12O2S/c1-17-13-9-5-4-7-11(13)10-6-2-3-8-12(10)14(15)16/h2-9H,1H3,(H,15,16). The molecule has 0 aliphatic carbocycles. The largest absolute Gasteiger partial charge is 0.478 e. The number of hydrogen-bond donors (Lipinski definition) is 1. The molecule has 0 spiro atoms. The van der Waals surface area contributed by atoms with E-state index in [2.05, 4.69) is 0 Å². The normalized spacial score (nSPS) is 10.2. The van der Waals surface area contributed by atoms with Gasteiger partial charge in [0.2, 0.25) is 0 Å². The van der Waals surface area contributed by atoms with Gasteiger partial charge < -0.3 is 5.11 Å². The van der Waals surface area contributed by atoms with Gasteiger partial charge in [-0.3, -0.25) is 0 Å². The summed E-state index contributed by atoms with van der Waals surface area (Å²) < 4.78 is 0. The van der Waals surface area contributed by atoms with Crippen LogP contribution in [0.15, 0.2) is 53.4 Å². The van der Waals surface area contributed by atoms with E-state index < -0.39 is 5.97 Å². The van der Waals surface area contributed by atoms with E-state index in [9.17, 15) is 9.90 Å². The zero-order valence-corrected chi connectivity index (χ0v) is 10.2. The summed E-state index contributed by atoms with van der Waals surface area (Å²) in [4.78, 5) is 12.3. The summed E-state index contributed by atoms with van der Waals surface area (Å²) in [5.74, 6) is -0.892. The van der Waals surface area contributed by atoms with Crippen LogP contribution in [0.4, 0.5) is 0 Å². The first-order chi connectivity index (χ1) is 8.24. The summed E-state index contributed by atoms with van der Waals surface area (Å²) in [6.07, 6.45) is 1.99. The molecule has 0 radical (unpaired) electrons. The smallest absolute Gasteiger partial charge is 0.336 e. The molecular weight excluding hydrogens is 232 g/mol. The quantitative estimate of drug-likeness (QED) is 0.835. The molecule has 86 valence electrons. The Labute approximate surface area is 104 Å². The molecule has 0 bridgehead atoms. The monoisotopic (exact) mass is 244 g/mol. The fourth-order valence-electron chi connectivity index (χ4n) is 1.77. The molecule has 2 nitrogen and oxygen atoms in total. The molecule has 0 saturated heterocycles. The van der Waals surface area contributed by atoms with Gasteiger partial charge in [-0.1, -0.05) is 36.4 Å². The van der Waals surface area contributed by atoms with E-state index in [1.807, 2.05) is 42.7 Å². The Balaban J connectivity index is 2.64. The van der Waals surface area contributed by atoms with Gasteiger partial charge in [-0.05, 0) is 29.5 Å². The maximum Gasteiger partial charge on any atom is 0.336 e. The Hall–Kier alpha value is -1.74. The van der Waals surface area contributed by atoms with E-state index in [1.165, 1.54) is 0 Å². The average molecular weight is 244 g/mol. The number of thioether (sulfide) groups is 1. The highest BCUT2D eigenvalue weighted by Crippen LogP contribution is 2.32. The molecule has 0 aliphatic heterocycles. The summed E-state index contributed by atoms with van der Waals surface area (Å²) in [5.41, 5.74) is 2.08. The lowest BCUT2D eigenvalue weighted by Crippen LogP contribution is -1.99. The molecule has 0 aromatic heterocycles. The predicted octanol–water partition coefficient (Wildman–Crippen LogP) is 3.77. The zero-order chi connectivity index (χ0) is 12.3. The third kappa shape index (κ3) is 2.34. The van der Waals surface area contributed by atoms with E-state index in [0.29, 0.717) is 5.56 Å². The first kappa shape index (κ1) is 11.7. The van der Waals surface area contributed by atoms with E-state index in [-0.39, 0.29) is 0 Å². The van der Waals surface area contributed by atoms with Crippen molar-refractivity contribution in [3.8, 4) is 11.1 Å². The SMILES string of the molecule is CSc1ccccc1-c1ccccc1C(=O)O. The lowest BCUT2D eigenvalue weighted by atomic mass is 10.00. The lowest BCUT2D eigenvalue weighted by molar-refractivity contribution is 0.0697. The second-order valence-electron chi connectivity index (χ2n) is 3.55. The third-order valence-corrected chi connectivity index (χ3v) is 3.35. The lowest BCUT2D eigenvalue weighted by Gasteiger charge is -2.09. The van der Waals surface area contributed by atoms with Gasteiger partial charge in [0, 0.05) is 4.90 Å². The van der Waals surface area contributed by atoms with Crippen LogP contribution in [0.2, 0.25) is 0 Å². The Kier molecular flexibility index (Phi) is 3.49. The van der Waals surface area contributed by atoms with Crippen molar-refractivity contribution in [3.05, 3.63) is 54.1 Å². The highest BCUT2D eigenvalue weighted by Gasteiger charge is 2.12. The molecule has 0 saturated carbocycles. The highest BCUT2D eigenvalue weighted by molar-refractivity contribution is 7.98. The Morgan fingerprint density at radius 2 is 1.59 bits per heavy atom. The molecule has 2 aromatic rings. The van der Waals surface area contributed by atoms with Crippen molar-refractivity contribution in [1.29, 1.82) is 0 Å². The fraction of sp³-hybridized carbons (Fsp3) is 0.0714. The number of carbonyl (C=O) groups is 1. The van der Waals surface area contributed by atoms with Gasteiger partial charge in [0.15, 0.2) is 0 Å². The molecule has 0 heterocycles. The van der Waals surface area contributed by atoms with Crippen LogP contribution >= 0.6 is 11.8 Å². The number of aromatic carboxylic acids is 1. The zero-order valence-electron chi connectivity index (χ0n) is 9.38. The average Bonchev–Trinajstić information content (AvgIpc) is 2.38. The summed E-state index contributed by atoms with van der Waals surface area (Å²) in [6.45, 7) is 0. The Morgan fingerprint density at radius 1 is 1.00 bits per heavy atom. The van der Waals surface area contributed by atoms with Crippen LogP contribution in [0.1, 0.15) is 10.4 Å². The number of carboxylic acid groups (broad SMARTS) is 1. The van der Waals surface area contributed by atoms with Crippen LogP contribution in [0.25, 0.3) is 11.1 Å². The van der Waals surface area contributed by atoms with Gasteiger partial charge in [0.05, 0.1) is 5.56 Å². The second kappa shape index (κ2) is 5.06. The van der Waals surface area contributed by atoms with E-state index >= 15 is 0 Å². The van der Waals surface area contributed by atoms with E-state index in [1.54, 1.807) is 23.9 Å². The third-order valence-electron chi connectivity index (χ3n) is 2.55. The van der Waals surface area contributed by atoms with Crippen LogP contribution < -0.4 is 0 Å². The van der Waals surface area contributed by atoms with Gasteiger partial charge in [-0.25, -0.2) is 4.79 Å². The second-order valence-corrected chi connectivity index (χ2v) is 4.40. The molecule has 0 amide bonds. The Bertz CT molecular complexity index is 549. The predicted molar refractivity (Wildman–Crippen MR) is 70.6 cm³/mol. The van der Waals surface area contributed by atoms with Gasteiger partial charge in [-0.2, -0.15) is 0 Å². The van der Waals surface area contributed by atoms with Gasteiger partial charge in [-0.15, -0.1) is 11.8 Å². The maximum atomic E-state index is 11.2. The van der Waals surface area contributed by atoms with Gasteiger partial charge in [0.1, 0.15) is 0 Å². The maximum absolute atomic E-state index is 11.2. The molecule has 0 fully saturated rings. The van der Waals surface area contributed by atoms with Crippen LogP contribution in [-0.2, 0) is 0 Å². The molecule has 17 heavy (non-hydrogen) atoms. The molecule has 0 aliphatic rings. The van der Waals surface area contributed by atoms with Crippen molar-refractivity contribution in [3.63, 3.8) is 0 Å². The minimum Gasteiger partial charge on any atom is -0.478 e. The number of hydrogen-bond acceptors (Lipinski definition) is 2. The number of benzene rings is 2. The number of carboxylic acids is 1. The topological polar surface area (TPSA) is 37.3 Å². The van der Waals surface area contributed by atoms with Crippen molar-refractivity contribution in [1.82, 2.24) is 0 Å². The van der Waals surface area contributed by atoms with Gasteiger partial charge >= 0.3 is 5.97 Å². The van der Waals surface area contributed by atoms with E-state index in [4.69, 9.17) is 0 Å². The van der Waals surface area contributed by atoms with Crippen molar-refractivity contribution >= 4 is 17.7 Å². The summed E-state index contributed by atoms with van der Waals surface area (Å²) >= 11 is 1.62. The van der Waals surface area contributed by atoms with Crippen molar-refractivity contribution in [2.45, 2.75) is 4.90 Å². The number of rotatable bonds is 3. The van der Waals surface area contributed by atoms with Crippen molar-refractivity contribution in [2.24, 2.45) is 0 Å². The van der Waals surface area contributed by atoms with Crippen LogP contribution in [0.3, 0.4) is 0 Å². The Morgan fingerprint density at radius 3 is 2.24 bits per heavy atom. The summed E-state index contributed by atoms with van der Waals surface area (Å²) in [5, 5.41) is 9.18. The molecule has 0 atom stereocenters. The van der Waals surface area contributed by atoms with Crippen LogP contribution in [0, 0.1) is 0 Å². The molecular formula is C14H12O2S. The summed E-state index contributed by atoms with van der Waals surface area (Å²) in [6, 6.07) is 14.9. The van der Waals surface area contributed by atoms with Crippen molar-refractivity contribution in [2.75, 3.05) is 6.26 Å². The molecule has 0 unspecified atom stereocenters. The molecule has 1 N–H and O–H groups in total. The first-order valence-corrected chi connectivity index (χ1v) is 6.42.